The van der Waals surface area contributed by atoms with Crippen LogP contribution in [-0.2, 0) is 4.79 Å². The average Bonchev–Trinajstić information content (AvgIpc) is 2.28. The van der Waals surface area contributed by atoms with Gasteiger partial charge in [0.1, 0.15) is 5.75 Å². The molecule has 1 rings (SSSR count). The van der Waals surface area contributed by atoms with Crippen LogP contribution >= 0.6 is 0 Å². The lowest BCUT2D eigenvalue weighted by molar-refractivity contribution is -0.116. The van der Waals surface area contributed by atoms with Crippen LogP contribution in [0.4, 0.5) is 0 Å². The first-order valence-electron chi connectivity index (χ1n) is 5.83. The highest BCUT2D eigenvalue weighted by atomic mass is 16.5. The highest BCUT2D eigenvalue weighted by Gasteiger charge is 1.97. The minimum atomic E-state index is -0.0751. The number of hydrogen-bond donors (Lipinski definition) is 1. The van der Waals surface area contributed by atoms with Crippen LogP contribution in [0.5, 0.6) is 5.75 Å². The van der Waals surface area contributed by atoms with Gasteiger partial charge in [-0.25, -0.2) is 0 Å². The molecule has 0 heterocycles. The summed E-state index contributed by atoms with van der Waals surface area (Å²) in [5.74, 6) is 0.769. The number of carbonyl (C=O) groups is 1. The largest absolute Gasteiger partial charge is 0.494 e. The van der Waals surface area contributed by atoms with E-state index in [9.17, 15) is 4.79 Å². The maximum atomic E-state index is 11.4. The second-order valence-electron chi connectivity index (χ2n) is 4.00. The Hall–Kier alpha value is -1.77. The molecule has 0 aromatic heterocycles. The van der Waals surface area contributed by atoms with Crippen molar-refractivity contribution in [2.24, 2.45) is 0 Å². The first kappa shape index (κ1) is 13.3. The Bertz CT molecular complexity index is 380. The van der Waals surface area contributed by atoms with E-state index in [4.69, 9.17) is 4.74 Å². The third-order valence-corrected chi connectivity index (χ3v) is 2.05. The molecular weight excluding hydrogens is 214 g/mol. The van der Waals surface area contributed by atoms with Crippen LogP contribution in [-0.4, -0.2) is 18.6 Å². The van der Waals surface area contributed by atoms with E-state index in [0.717, 1.165) is 11.3 Å². The summed E-state index contributed by atoms with van der Waals surface area (Å²) < 4.78 is 5.34. The van der Waals surface area contributed by atoms with E-state index in [1.807, 2.05) is 45.0 Å². The molecule has 1 aromatic carbocycles. The Balaban J connectivity index is 2.56. The Morgan fingerprint density at radius 2 is 2.00 bits per heavy atom. The van der Waals surface area contributed by atoms with Crippen LogP contribution in [0.1, 0.15) is 26.3 Å². The highest BCUT2D eigenvalue weighted by molar-refractivity contribution is 5.91. The quantitative estimate of drug-likeness (QED) is 0.794. The summed E-state index contributed by atoms with van der Waals surface area (Å²) in [5, 5.41) is 2.79. The molecule has 3 nitrogen and oxygen atoms in total. The molecular formula is C14H19NO2. The molecule has 0 fully saturated rings. The van der Waals surface area contributed by atoms with Gasteiger partial charge in [0.15, 0.2) is 0 Å². The molecule has 0 spiro atoms. The standard InChI is InChI=1S/C14H19NO2/c1-4-17-13-8-5-12(6-9-13)7-10-14(16)15-11(2)3/h5-11H,4H2,1-3H3,(H,15,16)/b10-7+. The molecule has 0 saturated carbocycles. The molecule has 1 N–H and O–H groups in total. The molecule has 0 aliphatic rings. The monoisotopic (exact) mass is 233 g/mol. The van der Waals surface area contributed by atoms with Gasteiger partial charge in [-0.1, -0.05) is 12.1 Å². The smallest absolute Gasteiger partial charge is 0.244 e. The topological polar surface area (TPSA) is 38.3 Å². The number of amides is 1. The van der Waals surface area contributed by atoms with Gasteiger partial charge in [-0.3, -0.25) is 4.79 Å². The van der Waals surface area contributed by atoms with Gasteiger partial charge in [0.05, 0.1) is 6.61 Å². The zero-order chi connectivity index (χ0) is 12.7. The molecule has 0 unspecified atom stereocenters. The molecule has 0 aliphatic carbocycles. The first-order chi connectivity index (χ1) is 8.11. The van der Waals surface area contributed by atoms with E-state index in [1.54, 1.807) is 6.08 Å². The van der Waals surface area contributed by atoms with Crippen LogP contribution < -0.4 is 10.1 Å². The van der Waals surface area contributed by atoms with E-state index in [2.05, 4.69) is 5.32 Å². The lowest BCUT2D eigenvalue weighted by atomic mass is 10.2. The molecule has 0 radical (unpaired) electrons. The van der Waals surface area contributed by atoms with Gasteiger partial charge in [0, 0.05) is 12.1 Å². The van der Waals surface area contributed by atoms with Crippen LogP contribution in [0, 0.1) is 0 Å². The van der Waals surface area contributed by atoms with Gasteiger partial charge in [-0.15, -0.1) is 0 Å². The number of carbonyl (C=O) groups excluding carboxylic acids is 1. The van der Waals surface area contributed by atoms with Crippen molar-refractivity contribution in [3.05, 3.63) is 35.9 Å². The average molecular weight is 233 g/mol. The lowest BCUT2D eigenvalue weighted by Gasteiger charge is -2.04. The number of hydrogen-bond acceptors (Lipinski definition) is 2. The minimum Gasteiger partial charge on any atom is -0.494 e. The van der Waals surface area contributed by atoms with Gasteiger partial charge in [0.25, 0.3) is 0 Å². The Kier molecular flexibility index (Phi) is 5.27. The van der Waals surface area contributed by atoms with Crippen molar-refractivity contribution < 1.29 is 9.53 Å². The Morgan fingerprint density at radius 1 is 1.35 bits per heavy atom. The second kappa shape index (κ2) is 6.74. The predicted octanol–water partition coefficient (Wildman–Crippen LogP) is 2.62. The van der Waals surface area contributed by atoms with Gasteiger partial charge in [-0.2, -0.15) is 0 Å². The summed E-state index contributed by atoms with van der Waals surface area (Å²) in [5.41, 5.74) is 0.979. The fraction of sp³-hybridized carbons (Fsp3) is 0.357. The zero-order valence-corrected chi connectivity index (χ0v) is 10.6. The Morgan fingerprint density at radius 3 is 2.53 bits per heavy atom. The van der Waals surface area contributed by atoms with Crippen LogP contribution in [0.3, 0.4) is 0 Å². The third kappa shape index (κ3) is 5.20. The van der Waals surface area contributed by atoms with Crippen molar-refractivity contribution in [1.82, 2.24) is 5.32 Å². The number of ether oxygens (including phenoxy) is 1. The van der Waals surface area contributed by atoms with E-state index >= 15 is 0 Å². The number of rotatable bonds is 5. The van der Waals surface area contributed by atoms with Crippen molar-refractivity contribution in [2.75, 3.05) is 6.61 Å². The first-order valence-corrected chi connectivity index (χ1v) is 5.83. The summed E-state index contributed by atoms with van der Waals surface area (Å²) in [6.45, 7) is 6.47. The zero-order valence-electron chi connectivity index (χ0n) is 10.6. The van der Waals surface area contributed by atoms with Crippen molar-refractivity contribution in [3.63, 3.8) is 0 Å². The van der Waals surface area contributed by atoms with Gasteiger partial charge in [0.2, 0.25) is 5.91 Å². The molecule has 17 heavy (non-hydrogen) atoms. The fourth-order valence-corrected chi connectivity index (χ4v) is 1.35. The van der Waals surface area contributed by atoms with Crippen molar-refractivity contribution in [3.8, 4) is 5.75 Å². The second-order valence-corrected chi connectivity index (χ2v) is 4.00. The van der Waals surface area contributed by atoms with Crippen molar-refractivity contribution in [2.45, 2.75) is 26.8 Å². The fourth-order valence-electron chi connectivity index (χ4n) is 1.35. The van der Waals surface area contributed by atoms with Crippen LogP contribution in [0.15, 0.2) is 30.3 Å². The molecule has 0 saturated heterocycles. The normalized spacial score (nSPS) is 10.8. The summed E-state index contributed by atoms with van der Waals surface area (Å²) in [6, 6.07) is 7.79. The van der Waals surface area contributed by atoms with Gasteiger partial charge in [-0.05, 0) is 44.5 Å². The van der Waals surface area contributed by atoms with Crippen molar-refractivity contribution >= 4 is 12.0 Å². The molecule has 0 atom stereocenters. The molecule has 0 bridgehead atoms. The maximum Gasteiger partial charge on any atom is 0.244 e. The summed E-state index contributed by atoms with van der Waals surface area (Å²) in [7, 11) is 0. The minimum absolute atomic E-state index is 0.0751. The molecule has 0 aliphatic heterocycles. The lowest BCUT2D eigenvalue weighted by Crippen LogP contribution is -2.28. The number of nitrogens with one attached hydrogen (secondary N) is 1. The molecule has 1 amide bonds. The van der Waals surface area contributed by atoms with Crippen LogP contribution in [0.2, 0.25) is 0 Å². The van der Waals surface area contributed by atoms with Gasteiger partial charge >= 0.3 is 0 Å². The Labute approximate surface area is 102 Å². The molecule has 92 valence electrons. The van der Waals surface area contributed by atoms with Gasteiger partial charge < -0.3 is 10.1 Å². The SMILES string of the molecule is CCOc1ccc(/C=C/C(=O)NC(C)C)cc1. The summed E-state index contributed by atoms with van der Waals surface area (Å²) >= 11 is 0. The van der Waals surface area contributed by atoms with Crippen LogP contribution in [0.25, 0.3) is 6.08 Å². The van der Waals surface area contributed by atoms with Crippen molar-refractivity contribution in [1.29, 1.82) is 0 Å². The van der Waals surface area contributed by atoms with E-state index in [1.165, 1.54) is 6.08 Å². The third-order valence-electron chi connectivity index (χ3n) is 2.05. The van der Waals surface area contributed by atoms with E-state index in [0.29, 0.717) is 6.61 Å². The maximum absolute atomic E-state index is 11.4. The highest BCUT2D eigenvalue weighted by Crippen LogP contribution is 2.12. The molecule has 1 aromatic rings. The van der Waals surface area contributed by atoms with E-state index < -0.39 is 0 Å². The predicted molar refractivity (Wildman–Crippen MR) is 69.9 cm³/mol. The summed E-state index contributed by atoms with van der Waals surface area (Å²) in [4.78, 5) is 11.4. The number of benzene rings is 1. The molecule has 3 heteroatoms. The summed E-state index contributed by atoms with van der Waals surface area (Å²) in [6.07, 6.45) is 3.32. The van der Waals surface area contributed by atoms with E-state index in [-0.39, 0.29) is 11.9 Å².